The normalized spacial score (nSPS) is 11.3. The Hall–Kier alpha value is -2.24. The predicted octanol–water partition coefficient (Wildman–Crippen LogP) is 2.59. The van der Waals surface area contributed by atoms with Crippen LogP contribution < -0.4 is 10.1 Å². The summed E-state index contributed by atoms with van der Waals surface area (Å²) in [6, 6.07) is 6.65. The fourth-order valence-electron chi connectivity index (χ4n) is 1.79. The quantitative estimate of drug-likeness (QED) is 0.249. The van der Waals surface area contributed by atoms with Crippen LogP contribution in [0.3, 0.4) is 0 Å². The van der Waals surface area contributed by atoms with E-state index in [2.05, 4.69) is 15.3 Å². The van der Waals surface area contributed by atoms with Gasteiger partial charge in [0.25, 0.3) is 0 Å². The molecule has 0 aliphatic heterocycles. The van der Waals surface area contributed by atoms with Gasteiger partial charge in [-0.1, -0.05) is 17.2 Å². The highest BCUT2D eigenvalue weighted by molar-refractivity contribution is 5.77. The molecule has 0 bridgehead atoms. The summed E-state index contributed by atoms with van der Waals surface area (Å²) in [5.74, 6) is 0.389. The maximum absolute atomic E-state index is 12.0. The van der Waals surface area contributed by atoms with Crippen molar-refractivity contribution in [3.63, 3.8) is 0 Å². The first kappa shape index (κ1) is 16.8. The second kappa shape index (κ2) is 9.63. The maximum atomic E-state index is 12.0. The van der Waals surface area contributed by atoms with Gasteiger partial charge in [-0.3, -0.25) is 0 Å². The van der Waals surface area contributed by atoms with Crippen molar-refractivity contribution in [1.29, 1.82) is 0 Å². The van der Waals surface area contributed by atoms with Crippen LogP contribution in [0.1, 0.15) is 25.5 Å². The molecule has 1 rings (SSSR count). The molecule has 7 nitrogen and oxygen atoms in total. The Morgan fingerprint density at radius 1 is 1.33 bits per heavy atom. The minimum absolute atomic E-state index is 0.267. The van der Waals surface area contributed by atoms with Gasteiger partial charge in [-0.15, -0.1) is 0 Å². The third kappa shape index (κ3) is 5.72. The van der Waals surface area contributed by atoms with Crippen molar-refractivity contribution >= 4 is 5.97 Å². The van der Waals surface area contributed by atoms with E-state index < -0.39 is 6.04 Å². The molecule has 0 saturated carbocycles. The fourth-order valence-corrected chi connectivity index (χ4v) is 1.79. The van der Waals surface area contributed by atoms with Crippen molar-refractivity contribution < 1.29 is 14.3 Å². The molecule has 0 aliphatic carbocycles. The van der Waals surface area contributed by atoms with Gasteiger partial charge >= 0.3 is 5.97 Å². The van der Waals surface area contributed by atoms with Crippen LogP contribution in [0.4, 0.5) is 0 Å². The van der Waals surface area contributed by atoms with Gasteiger partial charge in [0.05, 0.1) is 13.2 Å². The minimum Gasteiger partial charge on any atom is -0.494 e. The van der Waals surface area contributed by atoms with Gasteiger partial charge in [0.15, 0.2) is 0 Å². The molecule has 21 heavy (non-hydrogen) atoms. The highest BCUT2D eigenvalue weighted by Crippen LogP contribution is 2.19. The number of ether oxygens (including phenoxy) is 2. The molecule has 1 aromatic rings. The maximum Gasteiger partial charge on any atom is 0.327 e. The van der Waals surface area contributed by atoms with E-state index in [9.17, 15) is 4.79 Å². The van der Waals surface area contributed by atoms with Crippen LogP contribution >= 0.6 is 0 Å². The number of nitrogens with one attached hydrogen (secondary N) is 1. The Morgan fingerprint density at radius 2 is 2.05 bits per heavy atom. The average molecular weight is 292 g/mol. The molecule has 7 heteroatoms. The average Bonchev–Trinajstić information content (AvgIpc) is 2.49. The van der Waals surface area contributed by atoms with Gasteiger partial charge < -0.3 is 14.8 Å². The number of benzene rings is 1. The summed E-state index contributed by atoms with van der Waals surface area (Å²) in [4.78, 5) is 14.7. The molecule has 0 aromatic heterocycles. The highest BCUT2D eigenvalue weighted by atomic mass is 16.5. The fraction of sp³-hybridized carbons (Fsp3) is 0.500. The molecule has 0 saturated heterocycles. The molecular formula is C14H20N4O3. The van der Waals surface area contributed by atoms with Crippen molar-refractivity contribution in [3.05, 3.63) is 40.3 Å². The molecule has 0 spiro atoms. The summed E-state index contributed by atoms with van der Waals surface area (Å²) < 4.78 is 10.4. The lowest BCUT2D eigenvalue weighted by Gasteiger charge is -2.17. The Balaban J connectivity index is 2.78. The molecule has 0 amide bonds. The van der Waals surface area contributed by atoms with Gasteiger partial charge in [-0.25, -0.2) is 4.79 Å². The van der Waals surface area contributed by atoms with Crippen LogP contribution in [0.5, 0.6) is 5.75 Å². The summed E-state index contributed by atoms with van der Waals surface area (Å²) in [6.45, 7) is 5.22. The molecule has 0 heterocycles. The second-order valence-corrected chi connectivity index (χ2v) is 4.10. The molecule has 0 radical (unpaired) electrons. The monoisotopic (exact) mass is 292 g/mol. The first-order valence-corrected chi connectivity index (χ1v) is 6.86. The molecule has 0 fully saturated rings. The first-order chi connectivity index (χ1) is 10.2. The van der Waals surface area contributed by atoms with Crippen molar-refractivity contribution in [3.8, 4) is 5.75 Å². The minimum atomic E-state index is -0.588. The van der Waals surface area contributed by atoms with Gasteiger partial charge in [0.1, 0.15) is 11.8 Å². The van der Waals surface area contributed by atoms with E-state index in [0.29, 0.717) is 19.8 Å². The number of carbonyl (C=O) groups excluding carboxylic acids is 1. The lowest BCUT2D eigenvalue weighted by atomic mass is 10.1. The van der Waals surface area contributed by atoms with Crippen LogP contribution in [0.2, 0.25) is 0 Å². The molecule has 1 unspecified atom stereocenters. The predicted molar refractivity (Wildman–Crippen MR) is 79.0 cm³/mol. The lowest BCUT2D eigenvalue weighted by Crippen LogP contribution is -2.31. The molecule has 1 N–H and O–H groups in total. The summed E-state index contributed by atoms with van der Waals surface area (Å²) in [7, 11) is 0. The topological polar surface area (TPSA) is 96.3 Å². The number of hydrogen-bond donors (Lipinski definition) is 1. The Morgan fingerprint density at radius 3 is 2.62 bits per heavy atom. The SMILES string of the molecule is CCOC(=O)C(NCCN=[N+]=[N-])c1ccc(OCC)cc1. The number of nitrogens with zero attached hydrogens (tertiary/aromatic N) is 3. The molecule has 1 aromatic carbocycles. The van der Waals surface area contributed by atoms with E-state index in [0.717, 1.165) is 11.3 Å². The Bertz CT molecular complexity index is 483. The van der Waals surface area contributed by atoms with Crippen LogP contribution in [-0.2, 0) is 9.53 Å². The molecule has 0 aliphatic rings. The summed E-state index contributed by atoms with van der Waals surface area (Å²) >= 11 is 0. The van der Waals surface area contributed by atoms with Crippen molar-refractivity contribution in [2.45, 2.75) is 19.9 Å². The van der Waals surface area contributed by atoms with Crippen LogP contribution in [0.15, 0.2) is 29.4 Å². The second-order valence-electron chi connectivity index (χ2n) is 4.10. The summed E-state index contributed by atoms with van der Waals surface area (Å²) in [5.41, 5.74) is 9.02. The first-order valence-electron chi connectivity index (χ1n) is 6.86. The van der Waals surface area contributed by atoms with E-state index in [1.807, 2.05) is 19.1 Å². The number of rotatable bonds is 9. The van der Waals surface area contributed by atoms with Crippen molar-refractivity contribution in [2.24, 2.45) is 5.11 Å². The largest absolute Gasteiger partial charge is 0.494 e. The van der Waals surface area contributed by atoms with Crippen LogP contribution in [0, 0.1) is 0 Å². The molecular weight excluding hydrogens is 272 g/mol. The zero-order valence-corrected chi connectivity index (χ0v) is 12.3. The van der Waals surface area contributed by atoms with Crippen LogP contribution in [-0.4, -0.2) is 32.3 Å². The molecule has 1 atom stereocenters. The number of hydrogen-bond acceptors (Lipinski definition) is 5. The molecule has 114 valence electrons. The number of azide groups is 1. The van der Waals surface area contributed by atoms with Gasteiger partial charge in [-0.05, 0) is 37.1 Å². The highest BCUT2D eigenvalue weighted by Gasteiger charge is 2.21. The zero-order valence-electron chi connectivity index (χ0n) is 12.3. The summed E-state index contributed by atoms with van der Waals surface area (Å²) in [5, 5.41) is 6.45. The van der Waals surface area contributed by atoms with Gasteiger partial charge in [0.2, 0.25) is 0 Å². The van der Waals surface area contributed by atoms with E-state index in [1.165, 1.54) is 0 Å². The summed E-state index contributed by atoms with van der Waals surface area (Å²) in [6.07, 6.45) is 0. The van der Waals surface area contributed by atoms with E-state index in [1.54, 1.807) is 19.1 Å². The zero-order chi connectivity index (χ0) is 15.5. The van der Waals surface area contributed by atoms with Crippen molar-refractivity contribution in [1.82, 2.24) is 5.32 Å². The van der Waals surface area contributed by atoms with Crippen molar-refractivity contribution in [2.75, 3.05) is 26.3 Å². The number of esters is 1. The third-order valence-electron chi connectivity index (χ3n) is 2.67. The van der Waals surface area contributed by atoms with E-state index >= 15 is 0 Å². The van der Waals surface area contributed by atoms with Crippen LogP contribution in [0.25, 0.3) is 10.4 Å². The van der Waals surface area contributed by atoms with Gasteiger partial charge in [0, 0.05) is 18.0 Å². The van der Waals surface area contributed by atoms with E-state index in [4.69, 9.17) is 15.0 Å². The lowest BCUT2D eigenvalue weighted by molar-refractivity contribution is -0.145. The van der Waals surface area contributed by atoms with E-state index in [-0.39, 0.29) is 12.5 Å². The third-order valence-corrected chi connectivity index (χ3v) is 2.67. The smallest absolute Gasteiger partial charge is 0.327 e. The van der Waals surface area contributed by atoms with Gasteiger partial charge in [-0.2, -0.15) is 0 Å². The number of carbonyl (C=O) groups is 1. The standard InChI is InChI=1S/C14H20N4O3/c1-3-20-12-7-5-11(6-8-12)13(14(19)21-4-2)16-9-10-17-18-15/h5-8,13,16H,3-4,9-10H2,1-2H3. The Kier molecular flexibility index (Phi) is 7.71. The Labute approximate surface area is 123 Å².